The van der Waals surface area contributed by atoms with Crippen LogP contribution in [0, 0.1) is 6.92 Å². The fourth-order valence-electron chi connectivity index (χ4n) is 1.17. The van der Waals surface area contributed by atoms with Crippen LogP contribution in [0.25, 0.3) is 0 Å². The summed E-state index contributed by atoms with van der Waals surface area (Å²) >= 11 is 0. The van der Waals surface area contributed by atoms with Gasteiger partial charge in [-0.2, -0.15) is 5.10 Å². The second-order valence-corrected chi connectivity index (χ2v) is 3.30. The molecule has 92 valence electrons. The number of aromatic amines is 1. The first-order chi connectivity index (χ1) is 7.97. The fourth-order valence-corrected chi connectivity index (χ4v) is 1.17. The van der Waals surface area contributed by atoms with Gasteiger partial charge in [0.25, 0.3) is 5.91 Å². The van der Waals surface area contributed by atoms with E-state index in [-0.39, 0.29) is 18.0 Å². The summed E-state index contributed by atoms with van der Waals surface area (Å²) in [4.78, 5) is 33.6. The second kappa shape index (κ2) is 5.24. The first-order valence-corrected chi connectivity index (χ1v) is 5.01. The van der Waals surface area contributed by atoms with Crippen LogP contribution in [-0.4, -0.2) is 34.5 Å². The van der Waals surface area contributed by atoms with Crippen molar-refractivity contribution in [1.29, 1.82) is 0 Å². The predicted octanol–water partition coefficient (Wildman–Crippen LogP) is 0.422. The molecular formula is C10H13N3O4. The summed E-state index contributed by atoms with van der Waals surface area (Å²) < 4.78 is 4.81. The molecule has 0 aliphatic carbocycles. The quantitative estimate of drug-likeness (QED) is 0.585. The van der Waals surface area contributed by atoms with Crippen molar-refractivity contribution in [3.8, 4) is 0 Å². The molecule has 2 N–H and O–H groups in total. The van der Waals surface area contributed by atoms with Gasteiger partial charge in [0.1, 0.15) is 5.56 Å². The molecule has 0 unspecified atom stereocenters. The normalized spacial score (nSPS) is 9.82. The zero-order valence-electron chi connectivity index (χ0n) is 9.79. The molecule has 0 radical (unpaired) electrons. The summed E-state index contributed by atoms with van der Waals surface area (Å²) in [6.07, 6.45) is 0. The maximum atomic E-state index is 11.6. The molecule has 0 saturated carbocycles. The summed E-state index contributed by atoms with van der Waals surface area (Å²) in [5.41, 5.74) is 0.587. The van der Waals surface area contributed by atoms with Gasteiger partial charge in [0, 0.05) is 12.6 Å². The number of nitrogens with zero attached hydrogens (tertiary/aromatic N) is 1. The molecule has 0 fully saturated rings. The van der Waals surface area contributed by atoms with Crippen molar-refractivity contribution < 1.29 is 19.1 Å². The Morgan fingerprint density at radius 2 is 2.06 bits per heavy atom. The van der Waals surface area contributed by atoms with E-state index in [1.54, 1.807) is 13.8 Å². The average Bonchev–Trinajstić information content (AvgIpc) is 2.60. The third-order valence-electron chi connectivity index (χ3n) is 1.98. The van der Waals surface area contributed by atoms with Crippen LogP contribution in [0.4, 0.5) is 5.82 Å². The van der Waals surface area contributed by atoms with Gasteiger partial charge in [0.2, 0.25) is 5.78 Å². The number of H-pyrrole nitrogens is 1. The van der Waals surface area contributed by atoms with Crippen molar-refractivity contribution in [3.63, 3.8) is 0 Å². The lowest BCUT2D eigenvalue weighted by Crippen LogP contribution is -2.21. The number of ketones is 1. The van der Waals surface area contributed by atoms with E-state index in [1.165, 1.54) is 0 Å². The average molecular weight is 239 g/mol. The summed E-state index contributed by atoms with van der Waals surface area (Å²) in [6.45, 7) is 4.62. The van der Waals surface area contributed by atoms with Crippen LogP contribution in [0.1, 0.15) is 29.9 Å². The van der Waals surface area contributed by atoms with Gasteiger partial charge in [0.15, 0.2) is 5.82 Å². The summed E-state index contributed by atoms with van der Waals surface area (Å²) in [5, 5.41) is 8.51. The summed E-state index contributed by atoms with van der Waals surface area (Å²) in [5.74, 6) is -2.10. The predicted molar refractivity (Wildman–Crippen MR) is 58.6 cm³/mol. The van der Waals surface area contributed by atoms with E-state index in [0.29, 0.717) is 5.69 Å². The van der Waals surface area contributed by atoms with E-state index in [2.05, 4.69) is 15.5 Å². The zero-order chi connectivity index (χ0) is 13.0. The van der Waals surface area contributed by atoms with E-state index in [4.69, 9.17) is 4.74 Å². The molecule has 0 aromatic carbocycles. The third kappa shape index (κ3) is 2.90. The molecule has 0 aliphatic rings. The topological polar surface area (TPSA) is 101 Å². The molecule has 1 heterocycles. The lowest BCUT2D eigenvalue weighted by Gasteiger charge is -2.03. The number of amides is 1. The monoisotopic (exact) mass is 239 g/mol. The Morgan fingerprint density at radius 3 is 2.59 bits per heavy atom. The third-order valence-corrected chi connectivity index (χ3v) is 1.98. The first kappa shape index (κ1) is 12.9. The molecule has 0 atom stereocenters. The zero-order valence-corrected chi connectivity index (χ0v) is 9.79. The Balaban J connectivity index is 2.98. The number of carbonyl (C=O) groups excluding carboxylic acids is 3. The number of aromatic nitrogens is 2. The van der Waals surface area contributed by atoms with Gasteiger partial charge >= 0.3 is 5.97 Å². The molecule has 1 aromatic heterocycles. The van der Waals surface area contributed by atoms with E-state index < -0.39 is 17.7 Å². The molecule has 7 nitrogen and oxygen atoms in total. The number of hydrogen-bond donors (Lipinski definition) is 2. The van der Waals surface area contributed by atoms with Crippen LogP contribution in [0.2, 0.25) is 0 Å². The molecule has 1 rings (SSSR count). The van der Waals surface area contributed by atoms with Gasteiger partial charge in [-0.3, -0.25) is 14.7 Å². The van der Waals surface area contributed by atoms with E-state index in [1.807, 2.05) is 0 Å². The maximum Gasteiger partial charge on any atom is 0.343 e. The maximum absolute atomic E-state index is 11.6. The molecule has 1 aromatic rings. The Kier molecular flexibility index (Phi) is 3.97. The van der Waals surface area contributed by atoms with E-state index >= 15 is 0 Å². The minimum atomic E-state index is -0.831. The number of hydrogen-bond acceptors (Lipinski definition) is 5. The number of rotatable bonds is 4. The highest BCUT2D eigenvalue weighted by Crippen LogP contribution is 2.17. The Morgan fingerprint density at radius 1 is 1.41 bits per heavy atom. The van der Waals surface area contributed by atoms with Crippen LogP contribution in [-0.2, 0) is 14.3 Å². The Labute approximate surface area is 97.5 Å². The molecule has 17 heavy (non-hydrogen) atoms. The molecule has 7 heteroatoms. The SMILES string of the molecule is CCOC(=O)c1c(NC(=O)C(C)=O)n[nH]c1C. The summed E-state index contributed by atoms with van der Waals surface area (Å²) in [7, 11) is 0. The highest BCUT2D eigenvalue weighted by Gasteiger charge is 2.21. The molecule has 0 saturated heterocycles. The van der Waals surface area contributed by atoms with Crippen molar-refractivity contribution >= 4 is 23.5 Å². The smallest absolute Gasteiger partial charge is 0.343 e. The van der Waals surface area contributed by atoms with Crippen LogP contribution in [0.15, 0.2) is 0 Å². The highest BCUT2D eigenvalue weighted by atomic mass is 16.5. The van der Waals surface area contributed by atoms with Crippen LogP contribution in [0.3, 0.4) is 0 Å². The van der Waals surface area contributed by atoms with Crippen molar-refractivity contribution in [2.24, 2.45) is 0 Å². The minimum absolute atomic E-state index is 0.00106. The highest BCUT2D eigenvalue weighted by molar-refractivity contribution is 6.39. The van der Waals surface area contributed by atoms with Crippen LogP contribution >= 0.6 is 0 Å². The lowest BCUT2D eigenvalue weighted by atomic mass is 10.2. The molecule has 0 spiro atoms. The lowest BCUT2D eigenvalue weighted by molar-refractivity contribution is -0.133. The van der Waals surface area contributed by atoms with Crippen molar-refractivity contribution in [2.75, 3.05) is 11.9 Å². The first-order valence-electron chi connectivity index (χ1n) is 5.01. The van der Waals surface area contributed by atoms with Gasteiger partial charge in [-0.1, -0.05) is 0 Å². The minimum Gasteiger partial charge on any atom is -0.462 e. The number of Topliss-reactive ketones (excluding diaryl/α,β-unsaturated/α-hetero) is 1. The van der Waals surface area contributed by atoms with E-state index in [9.17, 15) is 14.4 Å². The largest absolute Gasteiger partial charge is 0.462 e. The Hall–Kier alpha value is -2.18. The molecular weight excluding hydrogens is 226 g/mol. The van der Waals surface area contributed by atoms with Crippen LogP contribution < -0.4 is 5.32 Å². The number of nitrogens with one attached hydrogen (secondary N) is 2. The second-order valence-electron chi connectivity index (χ2n) is 3.30. The number of esters is 1. The summed E-state index contributed by atoms with van der Waals surface area (Å²) in [6, 6.07) is 0. The number of carbonyl (C=O) groups is 3. The van der Waals surface area contributed by atoms with Gasteiger partial charge in [-0.25, -0.2) is 4.79 Å². The molecule has 1 amide bonds. The van der Waals surface area contributed by atoms with Crippen LogP contribution in [0.5, 0.6) is 0 Å². The van der Waals surface area contributed by atoms with Gasteiger partial charge in [-0.15, -0.1) is 0 Å². The van der Waals surface area contributed by atoms with Gasteiger partial charge < -0.3 is 10.1 Å². The molecule has 0 bridgehead atoms. The number of anilines is 1. The van der Waals surface area contributed by atoms with Crippen molar-refractivity contribution in [3.05, 3.63) is 11.3 Å². The fraction of sp³-hybridized carbons (Fsp3) is 0.400. The number of aryl methyl sites for hydroxylation is 1. The van der Waals surface area contributed by atoms with Crippen molar-refractivity contribution in [1.82, 2.24) is 10.2 Å². The molecule has 0 aliphatic heterocycles. The van der Waals surface area contributed by atoms with Crippen molar-refractivity contribution in [2.45, 2.75) is 20.8 Å². The standard InChI is InChI=1S/C10H13N3O4/c1-4-17-10(16)7-5(2)12-13-8(7)11-9(15)6(3)14/h4H2,1-3H3,(H2,11,12,13,15). The Bertz CT molecular complexity index is 464. The van der Waals surface area contributed by atoms with Gasteiger partial charge in [-0.05, 0) is 13.8 Å². The van der Waals surface area contributed by atoms with E-state index in [0.717, 1.165) is 6.92 Å². The number of ether oxygens (including phenoxy) is 1. The van der Waals surface area contributed by atoms with Gasteiger partial charge in [0.05, 0.1) is 6.61 Å².